The van der Waals surface area contributed by atoms with Gasteiger partial charge in [-0.05, 0) is 57.7 Å². The first kappa shape index (κ1) is 23.7. The van der Waals surface area contributed by atoms with E-state index in [0.29, 0.717) is 17.4 Å². The first-order valence-corrected chi connectivity index (χ1v) is 12.2. The maximum absolute atomic E-state index is 4.79. The Bertz CT molecular complexity index is 757. The summed E-state index contributed by atoms with van der Waals surface area (Å²) in [6.45, 7) is 8.72. The summed E-state index contributed by atoms with van der Waals surface area (Å²) in [5.74, 6) is 3.25. The van der Waals surface area contributed by atoms with Gasteiger partial charge in [0.25, 0.3) is 0 Å². The maximum Gasteiger partial charge on any atom is 0.227 e. The number of aliphatic imine (C=N–C) groups is 1. The van der Waals surface area contributed by atoms with Crippen LogP contribution in [0.15, 0.2) is 28.9 Å². The molecule has 31 heavy (non-hydrogen) atoms. The lowest BCUT2D eigenvalue weighted by Gasteiger charge is -2.36. The van der Waals surface area contributed by atoms with Crippen molar-refractivity contribution < 1.29 is 0 Å². The molecule has 172 valence electrons. The average Bonchev–Trinajstić information content (AvgIpc) is 3.49. The third-order valence-electron chi connectivity index (χ3n) is 7.10. The molecular formula is C25H42N6. The molecule has 3 heterocycles. The standard InChI is InChI=1S/C21H32N6.C4H10/c1-15(16-6-4-5-7-16)10-19(23-3)25-18-8-9-24-20(26-18)27-14-21(13-22-2)11-17(27)12-21;1-3-4-2/h8-10,16-17,22H,4-7,11-14H2,1-3H3,(H,23,24,25,26);3-4H2,1-2H3/b15-10+;. The zero-order valence-electron chi connectivity index (χ0n) is 20.2. The zero-order chi connectivity index (χ0) is 22.3. The molecule has 2 aliphatic heterocycles. The Morgan fingerprint density at radius 2 is 1.97 bits per heavy atom. The quantitative estimate of drug-likeness (QED) is 0.472. The molecule has 6 heteroatoms. The van der Waals surface area contributed by atoms with Gasteiger partial charge in [0.05, 0.1) is 0 Å². The van der Waals surface area contributed by atoms with Gasteiger partial charge in [-0.1, -0.05) is 45.1 Å². The van der Waals surface area contributed by atoms with Gasteiger partial charge >= 0.3 is 0 Å². The van der Waals surface area contributed by atoms with E-state index in [-0.39, 0.29) is 0 Å². The van der Waals surface area contributed by atoms with Gasteiger partial charge in [-0.3, -0.25) is 4.99 Å². The molecule has 4 aliphatic rings. The first-order valence-electron chi connectivity index (χ1n) is 12.2. The van der Waals surface area contributed by atoms with Gasteiger partial charge in [-0.15, -0.1) is 0 Å². The summed E-state index contributed by atoms with van der Waals surface area (Å²) >= 11 is 0. The highest BCUT2D eigenvalue weighted by atomic mass is 15.3. The number of allylic oxidation sites excluding steroid dienone is 1. The number of hydrogen-bond acceptors (Lipinski definition) is 5. The largest absolute Gasteiger partial charge is 0.337 e. The average molecular weight is 427 g/mol. The molecule has 2 N–H and O–H groups in total. The van der Waals surface area contributed by atoms with Crippen LogP contribution in [-0.4, -0.2) is 49.0 Å². The van der Waals surface area contributed by atoms with E-state index < -0.39 is 0 Å². The minimum atomic E-state index is 0.420. The highest BCUT2D eigenvalue weighted by Gasteiger charge is 2.55. The van der Waals surface area contributed by atoms with Crippen molar-refractivity contribution in [1.29, 1.82) is 0 Å². The van der Waals surface area contributed by atoms with Crippen molar-refractivity contribution >= 4 is 17.6 Å². The van der Waals surface area contributed by atoms with Gasteiger partial charge in [0.15, 0.2) is 0 Å². The monoisotopic (exact) mass is 426 g/mol. The van der Waals surface area contributed by atoms with Crippen molar-refractivity contribution in [3.8, 4) is 0 Å². The lowest BCUT2D eigenvalue weighted by atomic mass is 9.70. The second-order valence-electron chi connectivity index (χ2n) is 9.57. The molecule has 5 rings (SSSR count). The van der Waals surface area contributed by atoms with Gasteiger partial charge in [-0.2, -0.15) is 4.98 Å². The summed E-state index contributed by atoms with van der Waals surface area (Å²) in [6.07, 6.45) is 14.5. The van der Waals surface area contributed by atoms with Crippen LogP contribution in [0.5, 0.6) is 0 Å². The lowest BCUT2D eigenvalue weighted by molar-refractivity contribution is 0.196. The maximum atomic E-state index is 4.79. The number of unbranched alkanes of at least 4 members (excludes halogenated alkanes) is 1. The number of nitrogens with one attached hydrogen (secondary N) is 2. The van der Waals surface area contributed by atoms with Crippen LogP contribution >= 0.6 is 0 Å². The van der Waals surface area contributed by atoms with Crippen molar-refractivity contribution in [3.05, 3.63) is 23.9 Å². The fourth-order valence-electron chi connectivity index (χ4n) is 5.15. The second-order valence-corrected chi connectivity index (χ2v) is 9.57. The number of fused-ring (bicyclic) bond motifs is 1. The molecule has 0 atom stereocenters. The molecule has 0 radical (unpaired) electrons. The highest BCUT2D eigenvalue weighted by molar-refractivity contribution is 6.03. The summed E-state index contributed by atoms with van der Waals surface area (Å²) < 4.78 is 0. The Balaban J connectivity index is 0.000000628. The molecule has 0 aromatic carbocycles. The van der Waals surface area contributed by atoms with Crippen LogP contribution in [0.2, 0.25) is 0 Å². The molecule has 1 aromatic rings. The minimum absolute atomic E-state index is 0.420. The summed E-state index contributed by atoms with van der Waals surface area (Å²) in [5.41, 5.74) is 1.84. The van der Waals surface area contributed by atoms with Crippen LogP contribution in [0, 0.1) is 11.3 Å². The molecule has 4 fully saturated rings. The molecular weight excluding hydrogens is 384 g/mol. The molecule has 2 bridgehead atoms. The van der Waals surface area contributed by atoms with Crippen molar-refractivity contribution in [3.63, 3.8) is 0 Å². The number of amidine groups is 1. The third kappa shape index (κ3) is 5.85. The first-order chi connectivity index (χ1) is 15.0. The fraction of sp³-hybridized carbons (Fsp3) is 0.720. The predicted molar refractivity (Wildman–Crippen MR) is 132 cm³/mol. The Labute approximate surface area is 189 Å². The molecule has 6 nitrogen and oxygen atoms in total. The number of anilines is 2. The smallest absolute Gasteiger partial charge is 0.227 e. The molecule has 2 aliphatic carbocycles. The second kappa shape index (κ2) is 11.1. The molecule has 2 saturated heterocycles. The van der Waals surface area contributed by atoms with Crippen molar-refractivity contribution in [2.75, 3.05) is 37.4 Å². The Kier molecular flexibility index (Phi) is 8.47. The van der Waals surface area contributed by atoms with Crippen LogP contribution in [-0.2, 0) is 0 Å². The number of rotatable bonds is 7. The highest BCUT2D eigenvalue weighted by Crippen LogP contribution is 2.52. The molecule has 1 aromatic heterocycles. The molecule has 0 spiro atoms. The van der Waals surface area contributed by atoms with Gasteiger partial charge < -0.3 is 15.5 Å². The Morgan fingerprint density at radius 3 is 2.58 bits per heavy atom. The minimum Gasteiger partial charge on any atom is -0.337 e. The van der Waals surface area contributed by atoms with Crippen molar-refractivity contribution in [1.82, 2.24) is 15.3 Å². The van der Waals surface area contributed by atoms with E-state index in [9.17, 15) is 0 Å². The van der Waals surface area contributed by atoms with Crippen LogP contribution in [0.4, 0.5) is 11.8 Å². The Morgan fingerprint density at radius 1 is 1.26 bits per heavy atom. The molecule has 2 saturated carbocycles. The van der Waals surface area contributed by atoms with Gasteiger partial charge in [0, 0.05) is 37.8 Å². The fourth-order valence-corrected chi connectivity index (χ4v) is 5.15. The van der Waals surface area contributed by atoms with E-state index in [4.69, 9.17) is 4.98 Å². The summed E-state index contributed by atoms with van der Waals surface area (Å²) in [5, 5.41) is 6.74. The van der Waals surface area contributed by atoms with Crippen LogP contribution in [0.25, 0.3) is 0 Å². The van der Waals surface area contributed by atoms with Gasteiger partial charge in [-0.25, -0.2) is 4.98 Å². The lowest BCUT2D eigenvalue weighted by Crippen LogP contribution is -2.41. The van der Waals surface area contributed by atoms with Crippen molar-refractivity contribution in [2.45, 2.75) is 78.2 Å². The van der Waals surface area contributed by atoms with E-state index in [2.05, 4.69) is 52.4 Å². The van der Waals surface area contributed by atoms with Gasteiger partial charge in [0.2, 0.25) is 5.95 Å². The molecule has 0 amide bonds. The van der Waals surface area contributed by atoms with E-state index in [1.807, 2.05) is 26.4 Å². The van der Waals surface area contributed by atoms with Crippen LogP contribution in [0.1, 0.15) is 72.1 Å². The normalized spacial score (nSPS) is 25.8. The summed E-state index contributed by atoms with van der Waals surface area (Å²) in [4.78, 5) is 16.1. The third-order valence-corrected chi connectivity index (χ3v) is 7.10. The summed E-state index contributed by atoms with van der Waals surface area (Å²) in [6, 6.07) is 2.52. The van der Waals surface area contributed by atoms with Gasteiger partial charge in [0.1, 0.15) is 11.7 Å². The van der Waals surface area contributed by atoms with Crippen molar-refractivity contribution in [2.24, 2.45) is 16.3 Å². The Hall–Kier alpha value is -1.95. The topological polar surface area (TPSA) is 65.4 Å². The van der Waals surface area contributed by atoms with E-state index in [0.717, 1.165) is 30.7 Å². The number of nitrogens with zero attached hydrogens (tertiary/aromatic N) is 4. The van der Waals surface area contributed by atoms with E-state index >= 15 is 0 Å². The SMILES string of the molecule is CCCC.CN=C(/C=C(\C)C1CCCC1)Nc1ccnc(N2CC3(CNC)CC2C3)n1. The number of aromatic nitrogens is 2. The summed E-state index contributed by atoms with van der Waals surface area (Å²) in [7, 11) is 3.87. The predicted octanol–water partition coefficient (Wildman–Crippen LogP) is 5.05. The molecule has 0 unspecified atom stereocenters. The van der Waals surface area contributed by atoms with Crippen LogP contribution < -0.4 is 15.5 Å². The number of hydrogen-bond donors (Lipinski definition) is 2. The zero-order valence-corrected chi connectivity index (χ0v) is 20.2. The van der Waals surface area contributed by atoms with Crippen LogP contribution in [0.3, 0.4) is 0 Å². The van der Waals surface area contributed by atoms with E-state index in [1.165, 1.54) is 56.9 Å². The van der Waals surface area contributed by atoms with E-state index in [1.54, 1.807) is 0 Å².